The first-order valence-corrected chi connectivity index (χ1v) is 5.30. The highest BCUT2D eigenvalue weighted by Gasteiger charge is 2.14. The molecule has 0 bridgehead atoms. The van der Waals surface area contributed by atoms with E-state index in [1.165, 1.54) is 5.69 Å². The maximum Gasteiger partial charge on any atom is 0.0559 e. The second kappa shape index (κ2) is 4.45. The molecule has 2 rings (SSSR count). The van der Waals surface area contributed by atoms with Crippen molar-refractivity contribution in [2.24, 2.45) is 0 Å². The molecule has 0 unspecified atom stereocenters. The Kier molecular flexibility index (Phi) is 3.02. The molecule has 0 atom stereocenters. The Morgan fingerprint density at radius 1 is 1.27 bits per heavy atom. The molecule has 0 N–H and O–H groups in total. The van der Waals surface area contributed by atoms with Gasteiger partial charge in [0.15, 0.2) is 0 Å². The zero-order chi connectivity index (χ0) is 10.7. The van der Waals surface area contributed by atoms with Crippen LogP contribution in [0.1, 0.15) is 5.56 Å². The highest BCUT2D eigenvalue weighted by Crippen LogP contribution is 2.16. The van der Waals surface area contributed by atoms with Crippen LogP contribution < -0.4 is 4.90 Å². The van der Waals surface area contributed by atoms with Crippen LogP contribution in [0.3, 0.4) is 0 Å². The van der Waals surface area contributed by atoms with Crippen molar-refractivity contribution in [3.63, 3.8) is 0 Å². The summed E-state index contributed by atoms with van der Waals surface area (Å²) in [6.45, 7) is 8.17. The molecule has 15 heavy (non-hydrogen) atoms. The molecule has 0 aromatic carbocycles. The first-order valence-electron chi connectivity index (χ1n) is 5.30. The number of anilines is 1. The van der Waals surface area contributed by atoms with E-state index in [4.69, 9.17) is 0 Å². The topological polar surface area (TPSA) is 19.4 Å². The van der Waals surface area contributed by atoms with E-state index in [0.717, 1.165) is 31.7 Å². The van der Waals surface area contributed by atoms with E-state index in [1.54, 1.807) is 0 Å². The summed E-state index contributed by atoms with van der Waals surface area (Å²) in [7, 11) is 2.16. The van der Waals surface area contributed by atoms with E-state index in [0.29, 0.717) is 0 Å². The van der Waals surface area contributed by atoms with Gasteiger partial charge in [-0.05, 0) is 18.7 Å². The van der Waals surface area contributed by atoms with Crippen molar-refractivity contribution in [1.82, 2.24) is 9.88 Å². The standard InChI is InChI=1S/C12H17N3/c1-3-11-8-12(10-13-9-11)15-6-4-14(2)5-7-15/h3,8-10H,1,4-7H2,2H3. The molecule has 1 fully saturated rings. The fraction of sp³-hybridized carbons (Fsp3) is 0.417. The fourth-order valence-electron chi connectivity index (χ4n) is 1.79. The average molecular weight is 203 g/mol. The van der Waals surface area contributed by atoms with Crippen LogP contribution in [0.5, 0.6) is 0 Å². The van der Waals surface area contributed by atoms with Crippen molar-refractivity contribution in [3.8, 4) is 0 Å². The van der Waals surface area contributed by atoms with Crippen LogP contribution in [0, 0.1) is 0 Å². The quantitative estimate of drug-likeness (QED) is 0.725. The van der Waals surface area contributed by atoms with Gasteiger partial charge in [0, 0.05) is 32.4 Å². The van der Waals surface area contributed by atoms with Crippen molar-refractivity contribution in [3.05, 3.63) is 30.6 Å². The van der Waals surface area contributed by atoms with Gasteiger partial charge in [0.25, 0.3) is 0 Å². The third-order valence-electron chi connectivity index (χ3n) is 2.85. The van der Waals surface area contributed by atoms with Gasteiger partial charge in [-0.3, -0.25) is 4.98 Å². The molecule has 1 aliphatic heterocycles. The maximum absolute atomic E-state index is 4.22. The number of likely N-dealkylation sites (N-methyl/N-ethyl adjacent to an activating group) is 1. The minimum atomic E-state index is 1.08. The van der Waals surface area contributed by atoms with Gasteiger partial charge in [0.1, 0.15) is 0 Å². The summed E-state index contributed by atoms with van der Waals surface area (Å²) in [5, 5.41) is 0. The second-order valence-corrected chi connectivity index (χ2v) is 3.97. The maximum atomic E-state index is 4.22. The molecule has 1 aromatic rings. The summed E-state index contributed by atoms with van der Waals surface area (Å²) in [6.07, 6.45) is 5.61. The molecule has 3 nitrogen and oxygen atoms in total. The molecule has 0 amide bonds. The van der Waals surface area contributed by atoms with Crippen molar-refractivity contribution >= 4 is 11.8 Å². The Morgan fingerprint density at radius 3 is 2.67 bits per heavy atom. The van der Waals surface area contributed by atoms with E-state index in [2.05, 4.69) is 34.5 Å². The normalized spacial score (nSPS) is 17.8. The molecule has 3 heteroatoms. The molecule has 1 aliphatic rings. The molecule has 0 spiro atoms. The minimum Gasteiger partial charge on any atom is -0.368 e. The SMILES string of the molecule is C=Cc1cncc(N2CCN(C)CC2)c1. The molecule has 1 saturated heterocycles. The van der Waals surface area contributed by atoms with Crippen molar-refractivity contribution in [1.29, 1.82) is 0 Å². The molecule has 0 aliphatic carbocycles. The molecule has 0 radical (unpaired) electrons. The number of rotatable bonds is 2. The number of nitrogens with zero attached hydrogens (tertiary/aromatic N) is 3. The van der Waals surface area contributed by atoms with E-state index < -0.39 is 0 Å². The number of aromatic nitrogens is 1. The van der Waals surface area contributed by atoms with Gasteiger partial charge < -0.3 is 9.80 Å². The lowest BCUT2D eigenvalue weighted by atomic mass is 10.2. The van der Waals surface area contributed by atoms with Crippen molar-refractivity contribution < 1.29 is 0 Å². The molecule has 0 saturated carbocycles. The third kappa shape index (κ3) is 2.36. The Bertz CT molecular complexity index is 340. The molecule has 1 aromatic heterocycles. The monoisotopic (exact) mass is 203 g/mol. The van der Waals surface area contributed by atoms with Gasteiger partial charge in [-0.2, -0.15) is 0 Å². The first kappa shape index (κ1) is 10.2. The summed E-state index contributed by atoms with van der Waals surface area (Å²) >= 11 is 0. The summed E-state index contributed by atoms with van der Waals surface area (Å²) in [4.78, 5) is 8.95. The summed E-state index contributed by atoms with van der Waals surface area (Å²) < 4.78 is 0. The number of hydrogen-bond donors (Lipinski definition) is 0. The van der Waals surface area contributed by atoms with Gasteiger partial charge in [0.2, 0.25) is 0 Å². The predicted molar refractivity (Wildman–Crippen MR) is 64.0 cm³/mol. The lowest BCUT2D eigenvalue weighted by Gasteiger charge is -2.33. The Balaban J connectivity index is 2.11. The van der Waals surface area contributed by atoms with Gasteiger partial charge >= 0.3 is 0 Å². The number of hydrogen-bond acceptors (Lipinski definition) is 3. The van der Waals surface area contributed by atoms with E-state index in [-0.39, 0.29) is 0 Å². The fourth-order valence-corrected chi connectivity index (χ4v) is 1.79. The highest BCUT2D eigenvalue weighted by atomic mass is 15.2. The zero-order valence-corrected chi connectivity index (χ0v) is 9.19. The van der Waals surface area contributed by atoms with E-state index in [9.17, 15) is 0 Å². The van der Waals surface area contributed by atoms with Gasteiger partial charge in [-0.1, -0.05) is 12.7 Å². The Hall–Kier alpha value is -1.35. The molecule has 80 valence electrons. The zero-order valence-electron chi connectivity index (χ0n) is 9.19. The van der Waals surface area contributed by atoms with Crippen LogP contribution in [-0.4, -0.2) is 43.1 Å². The lowest BCUT2D eigenvalue weighted by molar-refractivity contribution is 0.313. The third-order valence-corrected chi connectivity index (χ3v) is 2.85. The second-order valence-electron chi connectivity index (χ2n) is 3.97. The van der Waals surface area contributed by atoms with Crippen LogP contribution >= 0.6 is 0 Å². The smallest absolute Gasteiger partial charge is 0.0559 e. The largest absolute Gasteiger partial charge is 0.368 e. The molecule has 2 heterocycles. The lowest BCUT2D eigenvalue weighted by Crippen LogP contribution is -2.44. The Labute approximate surface area is 91.0 Å². The Morgan fingerprint density at radius 2 is 2.00 bits per heavy atom. The van der Waals surface area contributed by atoms with E-state index in [1.807, 2.05) is 18.5 Å². The number of pyridine rings is 1. The first-order chi connectivity index (χ1) is 7.29. The summed E-state index contributed by atoms with van der Waals surface area (Å²) in [5.74, 6) is 0. The van der Waals surface area contributed by atoms with Gasteiger partial charge in [-0.15, -0.1) is 0 Å². The van der Waals surface area contributed by atoms with Crippen LogP contribution in [0.25, 0.3) is 6.08 Å². The summed E-state index contributed by atoms with van der Waals surface area (Å²) in [6, 6.07) is 2.14. The predicted octanol–water partition coefficient (Wildman–Crippen LogP) is 1.48. The minimum absolute atomic E-state index is 1.08. The van der Waals surface area contributed by atoms with Crippen LogP contribution in [0.2, 0.25) is 0 Å². The van der Waals surface area contributed by atoms with Gasteiger partial charge in [0.05, 0.1) is 11.9 Å². The van der Waals surface area contributed by atoms with Crippen LogP contribution in [0.15, 0.2) is 25.0 Å². The average Bonchev–Trinajstić information content (AvgIpc) is 2.30. The summed E-state index contributed by atoms with van der Waals surface area (Å²) in [5.41, 5.74) is 2.30. The van der Waals surface area contributed by atoms with Gasteiger partial charge in [-0.25, -0.2) is 0 Å². The van der Waals surface area contributed by atoms with Crippen LogP contribution in [0.4, 0.5) is 5.69 Å². The van der Waals surface area contributed by atoms with Crippen molar-refractivity contribution in [2.45, 2.75) is 0 Å². The highest BCUT2D eigenvalue weighted by molar-refractivity contribution is 5.55. The number of piperazine rings is 1. The van der Waals surface area contributed by atoms with E-state index >= 15 is 0 Å². The van der Waals surface area contributed by atoms with Crippen LogP contribution in [-0.2, 0) is 0 Å². The molecular weight excluding hydrogens is 186 g/mol. The van der Waals surface area contributed by atoms with Crippen molar-refractivity contribution in [2.75, 3.05) is 38.1 Å². The molecular formula is C12H17N3.